The van der Waals surface area contributed by atoms with Crippen LogP contribution in [0.5, 0.6) is 28.7 Å². The van der Waals surface area contributed by atoms with Crippen molar-refractivity contribution in [2.75, 3.05) is 40.6 Å². The number of anilines is 1. The van der Waals surface area contributed by atoms with Crippen molar-refractivity contribution in [1.29, 1.82) is 0 Å². The number of methoxy groups -OCH3 is 5. The van der Waals surface area contributed by atoms with Crippen molar-refractivity contribution in [2.24, 2.45) is 0 Å². The first kappa shape index (κ1) is 26.9. The van der Waals surface area contributed by atoms with Crippen LogP contribution in [0.3, 0.4) is 0 Å². The molecule has 0 spiro atoms. The fourth-order valence-corrected chi connectivity index (χ4v) is 4.78. The molecular formula is C26H27N2O9P. The van der Waals surface area contributed by atoms with Gasteiger partial charge < -0.3 is 38.5 Å². The number of aromatic amines is 1. The second kappa shape index (κ2) is 10.7. The molecule has 0 aliphatic rings. The Kier molecular flexibility index (Phi) is 7.54. The molecule has 0 radical (unpaired) electrons. The Morgan fingerprint density at radius 3 is 2.00 bits per heavy atom. The molecule has 12 heteroatoms. The first-order valence-corrected chi connectivity index (χ1v) is 12.8. The molecule has 200 valence electrons. The van der Waals surface area contributed by atoms with Gasteiger partial charge in [-0.05, 0) is 42.5 Å². The number of fused-ring (bicyclic) bond motifs is 1. The van der Waals surface area contributed by atoms with Crippen LogP contribution >= 0.6 is 7.75 Å². The Labute approximate surface area is 218 Å². The Morgan fingerprint density at radius 2 is 1.45 bits per heavy atom. The second-order valence-electron chi connectivity index (χ2n) is 8.07. The van der Waals surface area contributed by atoms with Crippen molar-refractivity contribution in [3.05, 3.63) is 59.7 Å². The van der Waals surface area contributed by atoms with Crippen molar-refractivity contribution >= 4 is 30.1 Å². The average molecular weight is 542 g/mol. The van der Waals surface area contributed by atoms with E-state index < -0.39 is 7.75 Å². The molecule has 0 amide bonds. The summed E-state index contributed by atoms with van der Waals surface area (Å²) in [7, 11) is 2.62. The molecule has 38 heavy (non-hydrogen) atoms. The Bertz CT molecular complexity index is 1530. The number of carbonyl (C=O) groups is 1. The van der Waals surface area contributed by atoms with Gasteiger partial charge in [0.2, 0.25) is 5.75 Å². The predicted molar refractivity (Wildman–Crippen MR) is 142 cm³/mol. The molecular weight excluding hydrogens is 515 g/mol. The minimum atomic E-state index is -4.65. The minimum Gasteiger partial charge on any atom is -0.496 e. The Balaban J connectivity index is 2.00. The Hall–Kier alpha value is -4.18. The molecule has 3 aromatic carbocycles. The van der Waals surface area contributed by atoms with E-state index in [-0.39, 0.29) is 28.3 Å². The molecule has 0 aliphatic carbocycles. The normalized spacial score (nSPS) is 11.2. The van der Waals surface area contributed by atoms with E-state index >= 15 is 0 Å². The largest absolute Gasteiger partial charge is 0.496 e. The van der Waals surface area contributed by atoms with Crippen LogP contribution in [-0.2, 0) is 4.57 Å². The standard InChI is InChI=1S/C26H27N2O9P/c1-33-18-10-9-14(11-17(18)28-38(30,31)32)24-23(22-16(27-24)7-6-8-19(22)34-2)25(29)15-12-20(35-3)26(37-5)21(13-15)36-4/h6-13,27H,1-5H3,(H3,28,30,31,32). The van der Waals surface area contributed by atoms with Gasteiger partial charge in [0.15, 0.2) is 17.3 Å². The number of carbonyl (C=O) groups excluding carboxylic acids is 1. The topological polar surface area (TPSA) is 149 Å². The number of aromatic nitrogens is 1. The third kappa shape index (κ3) is 4.99. The number of ether oxygens (including phenoxy) is 5. The van der Waals surface area contributed by atoms with Gasteiger partial charge in [0.25, 0.3) is 0 Å². The molecule has 0 atom stereocenters. The molecule has 4 aromatic rings. The lowest BCUT2D eigenvalue weighted by Gasteiger charge is -2.15. The van der Waals surface area contributed by atoms with E-state index in [0.29, 0.717) is 45.2 Å². The second-order valence-corrected chi connectivity index (χ2v) is 9.38. The van der Waals surface area contributed by atoms with Crippen LogP contribution in [0.1, 0.15) is 15.9 Å². The van der Waals surface area contributed by atoms with Crippen LogP contribution in [0.4, 0.5) is 5.69 Å². The molecule has 0 bridgehead atoms. The molecule has 4 rings (SSSR count). The van der Waals surface area contributed by atoms with Gasteiger partial charge in [0.1, 0.15) is 11.5 Å². The lowest BCUT2D eigenvalue weighted by Crippen LogP contribution is -2.06. The zero-order valence-corrected chi connectivity index (χ0v) is 22.2. The van der Waals surface area contributed by atoms with Crippen LogP contribution < -0.4 is 28.8 Å². The molecule has 0 saturated heterocycles. The van der Waals surface area contributed by atoms with Crippen molar-refractivity contribution < 1.29 is 42.8 Å². The molecule has 1 heterocycles. The van der Waals surface area contributed by atoms with E-state index in [9.17, 15) is 19.1 Å². The van der Waals surface area contributed by atoms with Crippen molar-refractivity contribution in [1.82, 2.24) is 4.98 Å². The van der Waals surface area contributed by atoms with Crippen molar-refractivity contribution in [2.45, 2.75) is 0 Å². The molecule has 1 aromatic heterocycles. The summed E-state index contributed by atoms with van der Waals surface area (Å²) in [5.41, 5.74) is 2.08. The highest BCUT2D eigenvalue weighted by Crippen LogP contribution is 2.44. The highest BCUT2D eigenvalue weighted by atomic mass is 31.2. The summed E-state index contributed by atoms with van der Waals surface area (Å²) >= 11 is 0. The van der Waals surface area contributed by atoms with E-state index in [1.165, 1.54) is 41.6 Å². The third-order valence-corrected chi connectivity index (χ3v) is 6.45. The molecule has 11 nitrogen and oxygen atoms in total. The van der Waals surface area contributed by atoms with Crippen molar-refractivity contribution in [3.8, 4) is 40.0 Å². The number of hydrogen-bond donors (Lipinski definition) is 4. The maximum atomic E-state index is 14.2. The van der Waals surface area contributed by atoms with Gasteiger partial charge in [0, 0.05) is 11.1 Å². The summed E-state index contributed by atoms with van der Waals surface area (Å²) in [6, 6.07) is 13.1. The maximum absolute atomic E-state index is 14.2. The Morgan fingerprint density at radius 1 is 0.816 bits per heavy atom. The maximum Gasteiger partial charge on any atom is 0.427 e. The summed E-state index contributed by atoms with van der Waals surface area (Å²) < 4.78 is 38.8. The van der Waals surface area contributed by atoms with Crippen LogP contribution in [0.15, 0.2) is 48.5 Å². The summed E-state index contributed by atoms with van der Waals surface area (Å²) in [5.74, 6) is 1.25. The number of rotatable bonds is 10. The summed E-state index contributed by atoms with van der Waals surface area (Å²) in [6.07, 6.45) is 0. The van der Waals surface area contributed by atoms with Gasteiger partial charge in [-0.2, -0.15) is 0 Å². The highest BCUT2D eigenvalue weighted by Gasteiger charge is 2.27. The van der Waals surface area contributed by atoms with Gasteiger partial charge in [0.05, 0.1) is 63.4 Å². The minimum absolute atomic E-state index is 0.0511. The van der Waals surface area contributed by atoms with Crippen LogP contribution in [-0.4, -0.2) is 56.1 Å². The van der Waals surface area contributed by atoms with Crippen LogP contribution in [0, 0.1) is 0 Å². The molecule has 0 aliphatic heterocycles. The van der Waals surface area contributed by atoms with Crippen LogP contribution in [0.2, 0.25) is 0 Å². The fraction of sp³-hybridized carbons (Fsp3) is 0.192. The van der Waals surface area contributed by atoms with E-state index in [0.717, 1.165) is 0 Å². The van der Waals surface area contributed by atoms with Gasteiger partial charge >= 0.3 is 7.75 Å². The molecule has 4 N–H and O–H groups in total. The van der Waals surface area contributed by atoms with Gasteiger partial charge in [-0.1, -0.05) is 6.07 Å². The van der Waals surface area contributed by atoms with Crippen molar-refractivity contribution in [3.63, 3.8) is 0 Å². The number of nitrogens with one attached hydrogen (secondary N) is 2. The summed E-state index contributed by atoms with van der Waals surface area (Å²) in [4.78, 5) is 36.4. The van der Waals surface area contributed by atoms with Gasteiger partial charge in [-0.25, -0.2) is 4.57 Å². The SMILES string of the molecule is COc1ccc(-c2[nH]c3cccc(OC)c3c2C(=O)c2cc(OC)c(OC)c(OC)c2)cc1NP(=O)(O)O. The van der Waals surface area contributed by atoms with E-state index in [1.807, 2.05) is 0 Å². The number of benzene rings is 3. The fourth-order valence-electron chi connectivity index (χ4n) is 4.29. The quantitative estimate of drug-likeness (QED) is 0.165. The highest BCUT2D eigenvalue weighted by molar-refractivity contribution is 7.53. The first-order valence-electron chi connectivity index (χ1n) is 11.2. The predicted octanol–water partition coefficient (Wildman–Crippen LogP) is 4.61. The lowest BCUT2D eigenvalue weighted by atomic mass is 9.96. The smallest absolute Gasteiger partial charge is 0.427 e. The van der Waals surface area contributed by atoms with E-state index in [1.54, 1.807) is 42.5 Å². The van der Waals surface area contributed by atoms with Gasteiger partial charge in [-0.15, -0.1) is 0 Å². The molecule has 0 fully saturated rings. The lowest BCUT2D eigenvalue weighted by molar-refractivity contribution is 0.104. The van der Waals surface area contributed by atoms with Crippen LogP contribution in [0.25, 0.3) is 22.2 Å². The van der Waals surface area contributed by atoms with Gasteiger partial charge in [-0.3, -0.25) is 9.88 Å². The average Bonchev–Trinajstić information content (AvgIpc) is 3.30. The number of ketones is 1. The number of H-pyrrole nitrogens is 1. The molecule has 0 unspecified atom stereocenters. The zero-order chi connectivity index (χ0) is 27.6. The molecule has 0 saturated carbocycles. The van der Waals surface area contributed by atoms with E-state index in [2.05, 4.69) is 10.1 Å². The summed E-state index contributed by atoms with van der Waals surface area (Å²) in [5, 5.41) is 2.69. The summed E-state index contributed by atoms with van der Waals surface area (Å²) in [6.45, 7) is 0. The third-order valence-electron chi connectivity index (χ3n) is 5.91. The number of hydrogen-bond acceptors (Lipinski definition) is 7. The monoisotopic (exact) mass is 542 g/mol. The first-order chi connectivity index (χ1) is 18.1. The zero-order valence-electron chi connectivity index (χ0n) is 21.3. The van der Waals surface area contributed by atoms with E-state index in [4.69, 9.17) is 23.7 Å².